The molecule has 0 spiro atoms. The summed E-state index contributed by atoms with van der Waals surface area (Å²) >= 11 is 0. The highest BCUT2D eigenvalue weighted by Crippen LogP contribution is 2.20. The van der Waals surface area contributed by atoms with Crippen LogP contribution < -0.4 is 5.32 Å². The van der Waals surface area contributed by atoms with Crippen LogP contribution in [0.5, 0.6) is 0 Å². The number of rotatable bonds is 3. The second kappa shape index (κ2) is 5.58. The van der Waals surface area contributed by atoms with Gasteiger partial charge in [-0.15, -0.1) is 5.10 Å². The summed E-state index contributed by atoms with van der Waals surface area (Å²) in [5, 5.41) is 14.3. The molecular weight excluding hydrogens is 306 g/mol. The molecule has 0 saturated heterocycles. The van der Waals surface area contributed by atoms with Crippen LogP contribution in [0.2, 0.25) is 0 Å². The van der Waals surface area contributed by atoms with Gasteiger partial charge >= 0.3 is 0 Å². The number of anilines is 1. The van der Waals surface area contributed by atoms with Crippen molar-refractivity contribution in [3.05, 3.63) is 54.4 Å². The number of aromatic nitrogens is 6. The van der Waals surface area contributed by atoms with E-state index in [1.165, 1.54) is 0 Å². The van der Waals surface area contributed by atoms with Crippen molar-refractivity contribution >= 4 is 22.6 Å². The molecule has 8 heteroatoms. The maximum Gasteiger partial charge on any atom is 0.255 e. The van der Waals surface area contributed by atoms with E-state index in [4.69, 9.17) is 0 Å². The standard InChI is InChI=1S/C16H13N7O/c1-23-15(20-21-22-23)10-3-2-4-12(7-10)19-16(24)11-5-6-13-14(8-11)18-9-17-13/h2-9H,1H3,(H,17,18)(H,19,24). The number of amides is 1. The van der Waals surface area contributed by atoms with Crippen molar-refractivity contribution in [2.24, 2.45) is 7.05 Å². The van der Waals surface area contributed by atoms with Crippen LogP contribution in [0.15, 0.2) is 48.8 Å². The zero-order chi connectivity index (χ0) is 16.5. The zero-order valence-corrected chi connectivity index (χ0v) is 12.8. The van der Waals surface area contributed by atoms with Gasteiger partial charge in [0.15, 0.2) is 5.82 Å². The quantitative estimate of drug-likeness (QED) is 0.601. The molecule has 0 atom stereocenters. The van der Waals surface area contributed by atoms with Crippen molar-refractivity contribution in [2.75, 3.05) is 5.32 Å². The zero-order valence-electron chi connectivity index (χ0n) is 12.8. The number of hydrogen-bond donors (Lipinski definition) is 2. The fourth-order valence-corrected chi connectivity index (χ4v) is 2.49. The van der Waals surface area contributed by atoms with Gasteiger partial charge in [0, 0.05) is 23.9 Å². The molecule has 2 N–H and O–H groups in total. The third-order valence-electron chi connectivity index (χ3n) is 3.68. The molecular formula is C16H13N7O. The third kappa shape index (κ3) is 2.50. The van der Waals surface area contributed by atoms with Crippen LogP contribution in [0.4, 0.5) is 5.69 Å². The monoisotopic (exact) mass is 319 g/mol. The van der Waals surface area contributed by atoms with E-state index in [9.17, 15) is 4.79 Å². The van der Waals surface area contributed by atoms with E-state index in [1.807, 2.05) is 30.3 Å². The molecule has 1 amide bonds. The first kappa shape index (κ1) is 14.1. The summed E-state index contributed by atoms with van der Waals surface area (Å²) in [6.45, 7) is 0. The number of carbonyl (C=O) groups excluding carboxylic acids is 1. The van der Waals surface area contributed by atoms with Gasteiger partial charge in [-0.05, 0) is 40.8 Å². The Morgan fingerprint density at radius 2 is 2.12 bits per heavy atom. The molecule has 0 bridgehead atoms. The number of nitrogens with zero attached hydrogens (tertiary/aromatic N) is 5. The third-order valence-corrected chi connectivity index (χ3v) is 3.68. The van der Waals surface area contributed by atoms with Gasteiger partial charge in [0.2, 0.25) is 0 Å². The topological polar surface area (TPSA) is 101 Å². The number of imidazole rings is 1. The number of carbonyl (C=O) groups is 1. The Bertz CT molecular complexity index is 1030. The Labute approximate surface area is 136 Å². The number of hydrogen-bond acceptors (Lipinski definition) is 5. The van der Waals surface area contributed by atoms with Crippen LogP contribution in [0.25, 0.3) is 22.4 Å². The molecule has 4 aromatic rings. The molecule has 2 heterocycles. The number of H-pyrrole nitrogens is 1. The van der Waals surface area contributed by atoms with E-state index in [0.29, 0.717) is 17.1 Å². The molecule has 0 unspecified atom stereocenters. The Morgan fingerprint density at radius 1 is 1.21 bits per heavy atom. The number of aromatic amines is 1. The minimum atomic E-state index is -0.195. The van der Waals surface area contributed by atoms with Crippen molar-refractivity contribution in [3.63, 3.8) is 0 Å². The molecule has 0 radical (unpaired) electrons. The summed E-state index contributed by atoms with van der Waals surface area (Å²) in [5.41, 5.74) is 3.69. The molecule has 118 valence electrons. The Balaban J connectivity index is 1.60. The van der Waals surface area contributed by atoms with Gasteiger partial charge < -0.3 is 10.3 Å². The lowest BCUT2D eigenvalue weighted by Crippen LogP contribution is -2.11. The highest BCUT2D eigenvalue weighted by atomic mass is 16.1. The minimum absolute atomic E-state index is 0.195. The van der Waals surface area contributed by atoms with Gasteiger partial charge in [0.05, 0.1) is 17.4 Å². The fourth-order valence-electron chi connectivity index (χ4n) is 2.49. The number of fused-ring (bicyclic) bond motifs is 1. The molecule has 8 nitrogen and oxygen atoms in total. The van der Waals surface area contributed by atoms with Gasteiger partial charge in [0.1, 0.15) is 0 Å². The minimum Gasteiger partial charge on any atom is -0.345 e. The van der Waals surface area contributed by atoms with Gasteiger partial charge in [-0.25, -0.2) is 9.67 Å². The number of benzene rings is 2. The molecule has 0 aliphatic heterocycles. The van der Waals surface area contributed by atoms with E-state index in [0.717, 1.165) is 16.6 Å². The fraction of sp³-hybridized carbons (Fsp3) is 0.0625. The van der Waals surface area contributed by atoms with Crippen LogP contribution in [-0.2, 0) is 7.05 Å². The molecule has 0 aliphatic carbocycles. The summed E-state index contributed by atoms with van der Waals surface area (Å²) in [7, 11) is 1.76. The van der Waals surface area contributed by atoms with Crippen molar-refractivity contribution in [1.82, 2.24) is 30.2 Å². The SMILES string of the molecule is Cn1nnnc1-c1cccc(NC(=O)c2ccc3nc[nH]c3c2)c1. The molecule has 2 aromatic carbocycles. The van der Waals surface area contributed by atoms with Gasteiger partial charge in [-0.3, -0.25) is 4.79 Å². The highest BCUT2D eigenvalue weighted by Gasteiger charge is 2.10. The Hall–Kier alpha value is -3.55. The normalized spacial score (nSPS) is 10.9. The first-order chi connectivity index (χ1) is 11.7. The van der Waals surface area contributed by atoms with E-state index < -0.39 is 0 Å². The van der Waals surface area contributed by atoms with Crippen LogP contribution in [0, 0.1) is 0 Å². The summed E-state index contributed by atoms with van der Waals surface area (Å²) in [6.07, 6.45) is 1.60. The Kier molecular flexibility index (Phi) is 3.27. The van der Waals surface area contributed by atoms with Crippen molar-refractivity contribution < 1.29 is 4.79 Å². The average molecular weight is 319 g/mol. The molecule has 0 aliphatic rings. The lowest BCUT2D eigenvalue weighted by atomic mass is 10.1. The van der Waals surface area contributed by atoms with Gasteiger partial charge in [-0.2, -0.15) is 0 Å². The molecule has 4 rings (SSSR count). The van der Waals surface area contributed by atoms with Crippen molar-refractivity contribution in [1.29, 1.82) is 0 Å². The smallest absolute Gasteiger partial charge is 0.255 e. The largest absolute Gasteiger partial charge is 0.345 e. The number of nitrogens with one attached hydrogen (secondary N) is 2. The van der Waals surface area contributed by atoms with Gasteiger partial charge in [0.25, 0.3) is 5.91 Å². The van der Waals surface area contributed by atoms with Gasteiger partial charge in [-0.1, -0.05) is 12.1 Å². The van der Waals surface area contributed by atoms with Crippen LogP contribution in [-0.4, -0.2) is 36.1 Å². The molecule has 24 heavy (non-hydrogen) atoms. The first-order valence-corrected chi connectivity index (χ1v) is 7.28. The van der Waals surface area contributed by atoms with Crippen molar-refractivity contribution in [2.45, 2.75) is 0 Å². The summed E-state index contributed by atoms with van der Waals surface area (Å²) in [4.78, 5) is 19.6. The van der Waals surface area contributed by atoms with E-state index >= 15 is 0 Å². The Morgan fingerprint density at radius 3 is 2.96 bits per heavy atom. The number of aryl methyl sites for hydroxylation is 1. The summed E-state index contributed by atoms with van der Waals surface area (Å²) in [5.74, 6) is 0.435. The lowest BCUT2D eigenvalue weighted by molar-refractivity contribution is 0.102. The summed E-state index contributed by atoms with van der Waals surface area (Å²) < 4.78 is 1.58. The second-order valence-corrected chi connectivity index (χ2v) is 5.30. The molecule has 2 aromatic heterocycles. The van der Waals surface area contributed by atoms with Crippen LogP contribution >= 0.6 is 0 Å². The average Bonchev–Trinajstić information content (AvgIpc) is 3.22. The maximum atomic E-state index is 12.5. The molecule has 0 saturated carbocycles. The van der Waals surface area contributed by atoms with Crippen LogP contribution in [0.3, 0.4) is 0 Å². The second-order valence-electron chi connectivity index (χ2n) is 5.30. The molecule has 0 fully saturated rings. The predicted molar refractivity (Wildman–Crippen MR) is 88.3 cm³/mol. The lowest BCUT2D eigenvalue weighted by Gasteiger charge is -2.07. The summed E-state index contributed by atoms with van der Waals surface area (Å²) in [6, 6.07) is 12.7. The maximum absolute atomic E-state index is 12.5. The van der Waals surface area contributed by atoms with Crippen molar-refractivity contribution in [3.8, 4) is 11.4 Å². The first-order valence-electron chi connectivity index (χ1n) is 7.28. The van der Waals surface area contributed by atoms with Crippen LogP contribution in [0.1, 0.15) is 10.4 Å². The number of tetrazole rings is 1. The predicted octanol–water partition coefficient (Wildman–Crippen LogP) is 2.01. The highest BCUT2D eigenvalue weighted by molar-refractivity contribution is 6.06. The van der Waals surface area contributed by atoms with E-state index in [2.05, 4.69) is 30.8 Å². The van der Waals surface area contributed by atoms with E-state index in [1.54, 1.807) is 30.2 Å². The van der Waals surface area contributed by atoms with E-state index in [-0.39, 0.29) is 5.91 Å².